The minimum absolute atomic E-state index is 0.0538. The van der Waals surface area contributed by atoms with Crippen LogP contribution in [0, 0.1) is 5.82 Å². The molecule has 2 aliphatic rings. The Labute approximate surface area is 192 Å². The standard InChI is InChI=1S/C22H18FN5O6/c1-31-16-6-3-13(9-14(16)23)24-19(29)10-28-20(30)7-4-15(26-28)22-25-21(27-34-22)12-2-5-17-18(8-12)33-11-32-17/h2-3,5-6,8-9H,4,7,10-11H2,1H3,(H,24,29). The van der Waals surface area contributed by atoms with Gasteiger partial charge in [0.2, 0.25) is 24.4 Å². The van der Waals surface area contributed by atoms with Crippen LogP contribution in [0.25, 0.3) is 11.4 Å². The van der Waals surface area contributed by atoms with Gasteiger partial charge in [0.25, 0.3) is 5.89 Å². The van der Waals surface area contributed by atoms with Crippen LogP contribution in [0.1, 0.15) is 18.7 Å². The summed E-state index contributed by atoms with van der Waals surface area (Å²) in [5, 5.41) is 11.8. The van der Waals surface area contributed by atoms with E-state index in [4.69, 9.17) is 18.7 Å². The lowest BCUT2D eigenvalue weighted by atomic mass is 10.1. The summed E-state index contributed by atoms with van der Waals surface area (Å²) in [5.41, 5.74) is 1.26. The van der Waals surface area contributed by atoms with Crippen molar-refractivity contribution in [2.24, 2.45) is 5.10 Å². The molecule has 0 saturated heterocycles. The second-order valence-corrected chi connectivity index (χ2v) is 7.39. The van der Waals surface area contributed by atoms with Gasteiger partial charge in [0.1, 0.15) is 12.3 Å². The molecule has 2 aromatic carbocycles. The van der Waals surface area contributed by atoms with Crippen molar-refractivity contribution in [1.29, 1.82) is 0 Å². The van der Waals surface area contributed by atoms with Crippen LogP contribution in [0.5, 0.6) is 17.2 Å². The Hall–Kier alpha value is -4.48. The molecule has 0 radical (unpaired) electrons. The summed E-state index contributed by atoms with van der Waals surface area (Å²) < 4.78 is 34.7. The van der Waals surface area contributed by atoms with Gasteiger partial charge < -0.3 is 24.1 Å². The highest BCUT2D eigenvalue weighted by atomic mass is 19.1. The zero-order valence-electron chi connectivity index (χ0n) is 17.9. The van der Waals surface area contributed by atoms with E-state index >= 15 is 0 Å². The number of hydrogen-bond acceptors (Lipinski definition) is 9. The smallest absolute Gasteiger partial charge is 0.274 e. The SMILES string of the molecule is COc1ccc(NC(=O)CN2N=C(c3nc(-c4ccc5c(c4)OCO5)no3)CCC2=O)cc1F. The topological polar surface area (TPSA) is 128 Å². The van der Waals surface area contributed by atoms with Crippen LogP contribution < -0.4 is 19.5 Å². The molecule has 2 aliphatic heterocycles. The van der Waals surface area contributed by atoms with Crippen molar-refractivity contribution in [3.8, 4) is 28.6 Å². The quantitative estimate of drug-likeness (QED) is 0.586. The first-order valence-corrected chi connectivity index (χ1v) is 10.3. The predicted molar refractivity (Wildman–Crippen MR) is 115 cm³/mol. The van der Waals surface area contributed by atoms with Crippen molar-refractivity contribution in [1.82, 2.24) is 15.1 Å². The van der Waals surface area contributed by atoms with Crippen molar-refractivity contribution in [3.05, 3.63) is 48.1 Å². The molecule has 0 spiro atoms. The normalized spacial score (nSPS) is 14.7. The first kappa shape index (κ1) is 21.4. The molecule has 3 heterocycles. The number of aromatic nitrogens is 2. The van der Waals surface area contributed by atoms with E-state index in [1.165, 1.54) is 19.2 Å². The third kappa shape index (κ3) is 4.25. The average molecular weight is 467 g/mol. The fraction of sp³-hybridized carbons (Fsp3) is 0.227. The van der Waals surface area contributed by atoms with Gasteiger partial charge in [0.15, 0.2) is 23.1 Å². The molecule has 0 bridgehead atoms. The van der Waals surface area contributed by atoms with E-state index in [-0.39, 0.29) is 49.4 Å². The summed E-state index contributed by atoms with van der Waals surface area (Å²) in [6, 6.07) is 9.26. The maximum Gasteiger partial charge on any atom is 0.274 e. The number of amides is 2. The Bertz CT molecular complexity index is 1310. The van der Waals surface area contributed by atoms with Crippen LogP contribution in [-0.2, 0) is 9.59 Å². The number of nitrogens with one attached hydrogen (secondary N) is 1. The van der Waals surface area contributed by atoms with E-state index in [0.29, 0.717) is 28.6 Å². The van der Waals surface area contributed by atoms with Crippen molar-refractivity contribution < 1.29 is 32.7 Å². The minimum Gasteiger partial charge on any atom is -0.494 e. The Morgan fingerprint density at radius 1 is 1.18 bits per heavy atom. The van der Waals surface area contributed by atoms with Gasteiger partial charge in [0, 0.05) is 30.2 Å². The maximum absolute atomic E-state index is 13.9. The van der Waals surface area contributed by atoms with Gasteiger partial charge in [-0.15, -0.1) is 0 Å². The van der Waals surface area contributed by atoms with Crippen LogP contribution in [0.3, 0.4) is 0 Å². The number of fused-ring (bicyclic) bond motifs is 1. The first-order chi connectivity index (χ1) is 16.5. The molecule has 2 amide bonds. The van der Waals surface area contributed by atoms with Crippen molar-refractivity contribution in [2.45, 2.75) is 12.8 Å². The molecule has 11 nitrogen and oxygen atoms in total. The van der Waals surface area contributed by atoms with Gasteiger partial charge in [-0.25, -0.2) is 9.40 Å². The summed E-state index contributed by atoms with van der Waals surface area (Å²) in [6.45, 7) is -0.211. The zero-order valence-corrected chi connectivity index (χ0v) is 17.9. The maximum atomic E-state index is 13.9. The monoisotopic (exact) mass is 467 g/mol. The molecule has 0 saturated carbocycles. The highest BCUT2D eigenvalue weighted by Crippen LogP contribution is 2.35. The van der Waals surface area contributed by atoms with Crippen LogP contribution in [0.2, 0.25) is 0 Å². The van der Waals surface area contributed by atoms with Crippen molar-refractivity contribution in [3.63, 3.8) is 0 Å². The fourth-order valence-corrected chi connectivity index (χ4v) is 3.45. The molecule has 0 aliphatic carbocycles. The van der Waals surface area contributed by atoms with E-state index in [9.17, 15) is 14.0 Å². The molecule has 0 atom stereocenters. The predicted octanol–water partition coefficient (Wildman–Crippen LogP) is 2.58. The lowest BCUT2D eigenvalue weighted by molar-refractivity contribution is -0.135. The van der Waals surface area contributed by atoms with Gasteiger partial charge in [-0.2, -0.15) is 10.1 Å². The van der Waals surface area contributed by atoms with Gasteiger partial charge in [-0.05, 0) is 30.3 Å². The van der Waals surface area contributed by atoms with Crippen LogP contribution in [-0.4, -0.2) is 53.1 Å². The fourth-order valence-electron chi connectivity index (χ4n) is 3.45. The first-order valence-electron chi connectivity index (χ1n) is 10.3. The number of halogens is 1. The Morgan fingerprint density at radius 2 is 2.03 bits per heavy atom. The van der Waals surface area contributed by atoms with Gasteiger partial charge >= 0.3 is 0 Å². The number of benzene rings is 2. The number of hydrazone groups is 1. The second kappa shape index (κ2) is 8.81. The molecule has 1 aromatic heterocycles. The zero-order chi connectivity index (χ0) is 23.7. The summed E-state index contributed by atoms with van der Waals surface area (Å²) >= 11 is 0. The minimum atomic E-state index is -0.621. The molecule has 0 fully saturated rings. The number of carbonyl (C=O) groups is 2. The van der Waals surface area contributed by atoms with Crippen LogP contribution >= 0.6 is 0 Å². The summed E-state index contributed by atoms with van der Waals surface area (Å²) in [4.78, 5) is 29.1. The molecular weight excluding hydrogens is 449 g/mol. The lowest BCUT2D eigenvalue weighted by Gasteiger charge is -2.21. The summed E-state index contributed by atoms with van der Waals surface area (Å²) in [7, 11) is 1.34. The van der Waals surface area contributed by atoms with Crippen molar-refractivity contribution >= 4 is 23.2 Å². The van der Waals surface area contributed by atoms with Gasteiger partial charge in [0.05, 0.1) is 7.11 Å². The largest absolute Gasteiger partial charge is 0.494 e. The Kier molecular flexibility index (Phi) is 5.54. The molecule has 3 aromatic rings. The molecule has 12 heteroatoms. The Morgan fingerprint density at radius 3 is 2.85 bits per heavy atom. The van der Waals surface area contributed by atoms with Crippen LogP contribution in [0.15, 0.2) is 46.0 Å². The van der Waals surface area contributed by atoms with E-state index in [0.717, 1.165) is 11.1 Å². The number of anilines is 1. The number of carbonyl (C=O) groups excluding carboxylic acids is 2. The number of methoxy groups -OCH3 is 1. The summed E-state index contributed by atoms with van der Waals surface area (Å²) in [5.74, 6) is 0.223. The molecule has 1 N–H and O–H groups in total. The third-order valence-electron chi connectivity index (χ3n) is 5.14. The lowest BCUT2D eigenvalue weighted by Crippen LogP contribution is -2.38. The van der Waals surface area contributed by atoms with Gasteiger partial charge in [-0.3, -0.25) is 9.59 Å². The molecule has 0 unspecified atom stereocenters. The second-order valence-electron chi connectivity index (χ2n) is 7.39. The van der Waals surface area contributed by atoms with Gasteiger partial charge in [-0.1, -0.05) is 5.16 Å². The Balaban J connectivity index is 1.29. The average Bonchev–Trinajstić information content (AvgIpc) is 3.50. The number of ether oxygens (including phenoxy) is 3. The summed E-state index contributed by atoms with van der Waals surface area (Å²) in [6.07, 6.45) is 0.397. The number of rotatable bonds is 6. The van der Waals surface area contributed by atoms with E-state index in [1.54, 1.807) is 18.2 Å². The number of hydrogen-bond donors (Lipinski definition) is 1. The highest BCUT2D eigenvalue weighted by Gasteiger charge is 2.27. The highest BCUT2D eigenvalue weighted by molar-refractivity contribution is 6.02. The molecule has 174 valence electrons. The van der Waals surface area contributed by atoms with Crippen molar-refractivity contribution in [2.75, 3.05) is 25.8 Å². The molecule has 5 rings (SSSR count). The van der Waals surface area contributed by atoms with E-state index < -0.39 is 11.7 Å². The van der Waals surface area contributed by atoms with Crippen LogP contribution in [0.4, 0.5) is 10.1 Å². The van der Waals surface area contributed by atoms with E-state index in [1.807, 2.05) is 0 Å². The number of nitrogens with zero attached hydrogens (tertiary/aromatic N) is 4. The molecular formula is C22H18FN5O6. The molecule has 34 heavy (non-hydrogen) atoms. The third-order valence-corrected chi connectivity index (χ3v) is 5.14. The van der Waals surface area contributed by atoms with E-state index in [2.05, 4.69) is 20.6 Å².